The van der Waals surface area contributed by atoms with Gasteiger partial charge in [0.2, 0.25) is 0 Å². The molecule has 0 aliphatic carbocycles. The predicted octanol–water partition coefficient (Wildman–Crippen LogP) is 3.82. The van der Waals surface area contributed by atoms with Crippen molar-refractivity contribution in [3.8, 4) is 17.0 Å². The van der Waals surface area contributed by atoms with Gasteiger partial charge in [-0.2, -0.15) is 5.10 Å². The summed E-state index contributed by atoms with van der Waals surface area (Å²) in [6, 6.07) is 19.6. The Morgan fingerprint density at radius 2 is 1.83 bits per heavy atom. The number of ether oxygens (including phenoxy) is 1. The predicted molar refractivity (Wildman–Crippen MR) is 115 cm³/mol. The Balaban J connectivity index is 1.32. The lowest BCUT2D eigenvalue weighted by molar-refractivity contribution is 0.224. The Morgan fingerprint density at radius 1 is 1.03 bits per heavy atom. The molecular formula is C24H28N4O. The van der Waals surface area contributed by atoms with E-state index >= 15 is 0 Å². The van der Waals surface area contributed by atoms with Crippen LogP contribution in [0.3, 0.4) is 0 Å². The lowest BCUT2D eigenvalue weighted by Crippen LogP contribution is -2.29. The maximum absolute atomic E-state index is 5.34. The van der Waals surface area contributed by atoms with Gasteiger partial charge in [0.15, 0.2) is 0 Å². The number of rotatable bonds is 5. The molecule has 2 fully saturated rings. The minimum Gasteiger partial charge on any atom is -0.497 e. The lowest BCUT2D eigenvalue weighted by atomic mass is 9.89. The molecule has 2 aliphatic heterocycles. The quantitative estimate of drug-likeness (QED) is 0.722. The van der Waals surface area contributed by atoms with Crippen LogP contribution in [-0.4, -0.2) is 53.8 Å². The van der Waals surface area contributed by atoms with Crippen LogP contribution in [0.2, 0.25) is 0 Å². The summed E-state index contributed by atoms with van der Waals surface area (Å²) in [6.45, 7) is 4.40. The van der Waals surface area contributed by atoms with Gasteiger partial charge in [-0.3, -0.25) is 14.9 Å². The fourth-order valence-corrected chi connectivity index (χ4v) is 5.31. The first-order chi connectivity index (χ1) is 14.2. The van der Waals surface area contributed by atoms with E-state index in [-0.39, 0.29) is 0 Å². The zero-order valence-corrected chi connectivity index (χ0v) is 17.1. The number of methoxy groups -OCH3 is 1. The van der Waals surface area contributed by atoms with Crippen LogP contribution in [0.15, 0.2) is 60.8 Å². The monoisotopic (exact) mass is 388 g/mol. The van der Waals surface area contributed by atoms with E-state index in [0.29, 0.717) is 12.0 Å². The van der Waals surface area contributed by atoms with Gasteiger partial charge in [-0.25, -0.2) is 0 Å². The van der Waals surface area contributed by atoms with E-state index < -0.39 is 0 Å². The minimum absolute atomic E-state index is 0.480. The SMILES string of the molecule is COc1ccc([C@@H]2[C@@H]3CN(Cc4cn[nH]c4-c4ccccc4)C[C@@H]3CN2C)cc1. The highest BCUT2D eigenvalue weighted by atomic mass is 16.5. The van der Waals surface area contributed by atoms with E-state index in [2.05, 4.69) is 81.6 Å². The number of nitrogens with one attached hydrogen (secondary N) is 1. The standard InChI is InChI=1S/C24H28N4O/c1-27-13-20-15-28(14-19-12-25-26-23(19)17-6-4-3-5-7-17)16-22(20)24(27)18-8-10-21(29-2)11-9-18/h3-12,20,22,24H,13-16H2,1-2H3,(H,25,26)/t20-,22+,24+/m0/s1. The van der Waals surface area contributed by atoms with Crippen molar-refractivity contribution in [1.82, 2.24) is 20.0 Å². The molecule has 0 bridgehead atoms. The average Bonchev–Trinajstić information content (AvgIpc) is 3.43. The number of likely N-dealkylation sites (tertiary alicyclic amines) is 2. The summed E-state index contributed by atoms with van der Waals surface area (Å²) in [5.41, 5.74) is 5.03. The fraction of sp³-hybridized carbons (Fsp3) is 0.375. The van der Waals surface area contributed by atoms with Gasteiger partial charge in [0.05, 0.1) is 19.0 Å². The van der Waals surface area contributed by atoms with Crippen molar-refractivity contribution in [3.05, 3.63) is 71.9 Å². The van der Waals surface area contributed by atoms with Gasteiger partial charge in [0.25, 0.3) is 0 Å². The van der Waals surface area contributed by atoms with Crippen molar-refractivity contribution < 1.29 is 4.74 Å². The molecular weight excluding hydrogens is 360 g/mol. The van der Waals surface area contributed by atoms with Gasteiger partial charge in [0, 0.05) is 37.8 Å². The Labute approximate surface area is 172 Å². The highest BCUT2D eigenvalue weighted by Gasteiger charge is 2.46. The van der Waals surface area contributed by atoms with Gasteiger partial charge in [0.1, 0.15) is 5.75 Å². The summed E-state index contributed by atoms with van der Waals surface area (Å²) in [4.78, 5) is 5.14. The molecule has 3 atom stereocenters. The largest absolute Gasteiger partial charge is 0.497 e. The molecule has 2 saturated heterocycles. The third-order valence-corrected chi connectivity index (χ3v) is 6.60. The van der Waals surface area contributed by atoms with Crippen LogP contribution in [0.1, 0.15) is 17.2 Å². The Kier molecular flexibility index (Phi) is 4.86. The second-order valence-electron chi connectivity index (χ2n) is 8.41. The van der Waals surface area contributed by atoms with Crippen molar-refractivity contribution in [1.29, 1.82) is 0 Å². The molecule has 5 heteroatoms. The van der Waals surface area contributed by atoms with Crippen molar-refractivity contribution in [3.63, 3.8) is 0 Å². The minimum atomic E-state index is 0.480. The number of aromatic nitrogens is 2. The molecule has 0 unspecified atom stereocenters. The number of benzene rings is 2. The number of fused-ring (bicyclic) bond motifs is 1. The Morgan fingerprint density at radius 3 is 2.59 bits per heavy atom. The second kappa shape index (κ2) is 7.65. The molecule has 29 heavy (non-hydrogen) atoms. The third kappa shape index (κ3) is 3.45. The summed E-state index contributed by atoms with van der Waals surface area (Å²) in [7, 11) is 3.99. The van der Waals surface area contributed by atoms with Crippen LogP contribution in [0.25, 0.3) is 11.3 Å². The van der Waals surface area contributed by atoms with Gasteiger partial charge in [-0.05, 0) is 42.1 Å². The Hall–Kier alpha value is -2.63. The van der Waals surface area contributed by atoms with Crippen LogP contribution in [0.4, 0.5) is 0 Å². The van der Waals surface area contributed by atoms with Crippen LogP contribution < -0.4 is 4.74 Å². The van der Waals surface area contributed by atoms with Crippen LogP contribution in [0, 0.1) is 11.8 Å². The molecule has 2 aliphatic rings. The number of nitrogens with zero attached hydrogens (tertiary/aromatic N) is 3. The van der Waals surface area contributed by atoms with Gasteiger partial charge in [-0.1, -0.05) is 42.5 Å². The summed E-state index contributed by atoms with van der Waals surface area (Å²) in [5, 5.41) is 7.53. The first-order valence-corrected chi connectivity index (χ1v) is 10.4. The summed E-state index contributed by atoms with van der Waals surface area (Å²) in [6.07, 6.45) is 1.99. The van der Waals surface area contributed by atoms with Gasteiger partial charge >= 0.3 is 0 Å². The highest BCUT2D eigenvalue weighted by Crippen LogP contribution is 2.44. The molecule has 3 aromatic rings. The number of hydrogen-bond donors (Lipinski definition) is 1. The molecule has 0 amide bonds. The zero-order valence-electron chi connectivity index (χ0n) is 17.1. The normalized spacial score (nSPS) is 24.7. The molecule has 2 aromatic carbocycles. The summed E-state index contributed by atoms with van der Waals surface area (Å²) in [5.74, 6) is 2.31. The molecule has 5 rings (SSSR count). The van der Waals surface area contributed by atoms with Crippen molar-refractivity contribution in [2.24, 2.45) is 11.8 Å². The third-order valence-electron chi connectivity index (χ3n) is 6.60. The lowest BCUT2D eigenvalue weighted by Gasteiger charge is -2.27. The van der Waals surface area contributed by atoms with Crippen molar-refractivity contribution >= 4 is 0 Å². The van der Waals surface area contributed by atoms with E-state index in [9.17, 15) is 0 Å². The molecule has 0 saturated carbocycles. The van der Waals surface area contributed by atoms with E-state index in [1.807, 2.05) is 6.20 Å². The first kappa shape index (κ1) is 18.4. The van der Waals surface area contributed by atoms with E-state index in [4.69, 9.17) is 4.74 Å². The first-order valence-electron chi connectivity index (χ1n) is 10.4. The van der Waals surface area contributed by atoms with E-state index in [1.54, 1.807) is 7.11 Å². The van der Waals surface area contributed by atoms with Crippen molar-refractivity contribution in [2.75, 3.05) is 33.8 Å². The maximum Gasteiger partial charge on any atom is 0.118 e. The van der Waals surface area contributed by atoms with E-state index in [1.165, 1.54) is 16.7 Å². The number of hydrogen-bond acceptors (Lipinski definition) is 4. The molecule has 0 radical (unpaired) electrons. The van der Waals surface area contributed by atoms with Crippen LogP contribution in [0.5, 0.6) is 5.75 Å². The smallest absolute Gasteiger partial charge is 0.118 e. The molecule has 1 aromatic heterocycles. The highest BCUT2D eigenvalue weighted by molar-refractivity contribution is 5.62. The fourth-order valence-electron chi connectivity index (χ4n) is 5.31. The van der Waals surface area contributed by atoms with Crippen LogP contribution >= 0.6 is 0 Å². The molecule has 5 nitrogen and oxygen atoms in total. The topological polar surface area (TPSA) is 44.4 Å². The molecule has 150 valence electrons. The maximum atomic E-state index is 5.34. The van der Waals surface area contributed by atoms with Crippen LogP contribution in [-0.2, 0) is 6.54 Å². The summed E-state index contributed by atoms with van der Waals surface area (Å²) < 4.78 is 5.34. The molecule has 3 heterocycles. The zero-order chi connectivity index (χ0) is 19.8. The molecule has 1 N–H and O–H groups in total. The van der Waals surface area contributed by atoms with Crippen molar-refractivity contribution in [2.45, 2.75) is 12.6 Å². The molecule has 0 spiro atoms. The Bertz CT molecular complexity index is 953. The van der Waals surface area contributed by atoms with Gasteiger partial charge < -0.3 is 4.74 Å². The second-order valence-corrected chi connectivity index (χ2v) is 8.41. The van der Waals surface area contributed by atoms with Gasteiger partial charge in [-0.15, -0.1) is 0 Å². The number of aromatic amines is 1. The van der Waals surface area contributed by atoms with E-state index in [0.717, 1.165) is 43.5 Å². The summed E-state index contributed by atoms with van der Waals surface area (Å²) >= 11 is 0. The number of H-pyrrole nitrogens is 1. The average molecular weight is 389 g/mol.